The molecule has 5 N–H and O–H groups in total. The number of thioether (sulfide) groups is 1. The zero-order valence-corrected chi connectivity index (χ0v) is 15.2. The first-order valence-corrected chi connectivity index (χ1v) is 9.06. The van der Waals surface area contributed by atoms with Crippen LogP contribution in [0.5, 0.6) is 5.75 Å². The fourth-order valence-electron chi connectivity index (χ4n) is 3.38. The number of aliphatic carboxylic acids is 1. The van der Waals surface area contributed by atoms with Crippen molar-refractivity contribution in [2.45, 2.75) is 48.5 Å². The maximum Gasteiger partial charge on any atom is 0.327 e. The molecule has 0 radical (unpaired) electrons. The van der Waals surface area contributed by atoms with E-state index in [0.717, 1.165) is 5.56 Å². The summed E-state index contributed by atoms with van der Waals surface area (Å²) in [5, 5.41) is 20.9. The fraction of sp³-hybridized carbons (Fsp3) is 0.471. The second kappa shape index (κ2) is 6.48. The Morgan fingerprint density at radius 1 is 1.35 bits per heavy atom. The molecule has 1 aromatic carbocycles. The second-order valence-electron chi connectivity index (χ2n) is 7.06. The Bertz CT molecular complexity index is 751. The Morgan fingerprint density at radius 2 is 1.96 bits per heavy atom. The Morgan fingerprint density at radius 3 is 2.54 bits per heavy atom. The number of carbonyl (C=O) groups excluding carboxylic acids is 2. The van der Waals surface area contributed by atoms with Crippen LogP contribution in [0.3, 0.4) is 0 Å². The summed E-state index contributed by atoms with van der Waals surface area (Å²) in [6.07, 6.45) is 0.262. The monoisotopic (exact) mass is 379 g/mol. The Hall–Kier alpha value is -2.26. The number of rotatable bonds is 5. The van der Waals surface area contributed by atoms with Crippen molar-refractivity contribution in [3.05, 3.63) is 29.8 Å². The van der Waals surface area contributed by atoms with E-state index in [-0.39, 0.29) is 12.2 Å². The van der Waals surface area contributed by atoms with Gasteiger partial charge in [-0.1, -0.05) is 12.1 Å². The van der Waals surface area contributed by atoms with Gasteiger partial charge in [0.15, 0.2) is 0 Å². The molecule has 2 amide bonds. The summed E-state index contributed by atoms with van der Waals surface area (Å²) >= 11 is 1.37. The zero-order chi connectivity index (χ0) is 19.2. The lowest BCUT2D eigenvalue weighted by Crippen LogP contribution is -2.71. The number of nitrogens with zero attached hydrogens (tertiary/aromatic N) is 1. The molecule has 0 bridgehead atoms. The van der Waals surface area contributed by atoms with Crippen molar-refractivity contribution in [3.63, 3.8) is 0 Å². The van der Waals surface area contributed by atoms with E-state index >= 15 is 0 Å². The van der Waals surface area contributed by atoms with Gasteiger partial charge in [-0.15, -0.1) is 11.8 Å². The smallest absolute Gasteiger partial charge is 0.327 e. The van der Waals surface area contributed by atoms with Gasteiger partial charge in [-0.25, -0.2) is 4.79 Å². The first-order valence-electron chi connectivity index (χ1n) is 8.18. The highest BCUT2D eigenvalue weighted by Crippen LogP contribution is 2.50. The van der Waals surface area contributed by atoms with E-state index in [1.54, 1.807) is 26.0 Å². The minimum atomic E-state index is -1.05. The lowest BCUT2D eigenvalue weighted by molar-refractivity contribution is -0.161. The number of carboxylic acids is 1. The van der Waals surface area contributed by atoms with Crippen molar-refractivity contribution in [1.82, 2.24) is 10.2 Å². The van der Waals surface area contributed by atoms with Crippen LogP contribution in [0.15, 0.2) is 24.3 Å². The molecule has 0 aliphatic carbocycles. The average Bonchev–Trinajstić information content (AvgIpc) is 2.82. The van der Waals surface area contributed by atoms with Crippen molar-refractivity contribution in [1.29, 1.82) is 0 Å². The molecule has 1 aromatic rings. The largest absolute Gasteiger partial charge is 0.508 e. The summed E-state index contributed by atoms with van der Waals surface area (Å²) in [6, 6.07) is 3.84. The number of carbonyl (C=O) groups is 3. The lowest BCUT2D eigenvalue weighted by Gasteiger charge is -2.43. The summed E-state index contributed by atoms with van der Waals surface area (Å²) in [6.45, 7) is 3.55. The molecule has 3 rings (SSSR count). The molecular weight excluding hydrogens is 358 g/mol. The topological polar surface area (TPSA) is 133 Å². The van der Waals surface area contributed by atoms with Gasteiger partial charge >= 0.3 is 5.97 Å². The maximum absolute atomic E-state index is 12.4. The van der Waals surface area contributed by atoms with Crippen molar-refractivity contribution in [2.24, 2.45) is 5.73 Å². The molecule has 2 saturated heterocycles. The van der Waals surface area contributed by atoms with Crippen molar-refractivity contribution >= 4 is 29.5 Å². The van der Waals surface area contributed by atoms with E-state index < -0.39 is 46.0 Å². The van der Waals surface area contributed by atoms with E-state index in [2.05, 4.69) is 5.32 Å². The number of hydrogen-bond acceptors (Lipinski definition) is 6. The summed E-state index contributed by atoms with van der Waals surface area (Å²) in [5.41, 5.74) is 6.71. The third-order valence-electron chi connectivity index (χ3n) is 4.70. The van der Waals surface area contributed by atoms with Crippen LogP contribution >= 0.6 is 11.8 Å². The van der Waals surface area contributed by atoms with Crippen LogP contribution in [0.1, 0.15) is 19.4 Å². The molecular formula is C17H21N3O5S. The third-order valence-corrected chi connectivity index (χ3v) is 6.27. The number of carboxylic acid groups (broad SMARTS) is 1. The first kappa shape index (κ1) is 18.5. The molecule has 2 fully saturated rings. The van der Waals surface area contributed by atoms with Crippen LogP contribution in [-0.4, -0.2) is 61.1 Å². The SMILES string of the molecule is CC1(C)S[C@@H]2[C@H](NC(=O)[C@H](N)Cc3ccc(O)cc3)C(=O)N2[C@H]1C(=O)O. The Balaban J connectivity index is 1.63. The predicted octanol–water partition coefficient (Wildman–Crippen LogP) is -0.106. The van der Waals surface area contributed by atoms with Gasteiger partial charge in [-0.3, -0.25) is 9.59 Å². The molecule has 2 heterocycles. The number of nitrogens with two attached hydrogens (primary N) is 1. The van der Waals surface area contributed by atoms with E-state index in [1.165, 1.54) is 28.8 Å². The number of phenols is 1. The fourth-order valence-corrected chi connectivity index (χ4v) is 5.01. The summed E-state index contributed by atoms with van der Waals surface area (Å²) in [4.78, 5) is 37.5. The quantitative estimate of drug-likeness (QED) is 0.525. The molecule has 140 valence electrons. The van der Waals surface area contributed by atoms with Gasteiger partial charge in [0.05, 0.1) is 6.04 Å². The number of fused-ring (bicyclic) bond motifs is 1. The van der Waals surface area contributed by atoms with E-state index in [0.29, 0.717) is 0 Å². The van der Waals surface area contributed by atoms with E-state index in [4.69, 9.17) is 5.73 Å². The molecule has 0 spiro atoms. The minimum Gasteiger partial charge on any atom is -0.508 e. The second-order valence-corrected chi connectivity index (χ2v) is 8.83. The summed E-state index contributed by atoms with van der Waals surface area (Å²) < 4.78 is -0.639. The number of hydrogen-bond donors (Lipinski definition) is 4. The molecule has 0 aromatic heterocycles. The van der Waals surface area contributed by atoms with Crippen molar-refractivity contribution in [3.8, 4) is 5.75 Å². The van der Waals surface area contributed by atoms with Crippen LogP contribution in [0.2, 0.25) is 0 Å². The van der Waals surface area contributed by atoms with Gasteiger partial charge in [0.25, 0.3) is 0 Å². The highest BCUT2D eigenvalue weighted by molar-refractivity contribution is 8.01. The van der Waals surface area contributed by atoms with Gasteiger partial charge in [0.1, 0.15) is 23.2 Å². The van der Waals surface area contributed by atoms with E-state index in [1.807, 2.05) is 0 Å². The number of β-lactam (4-membered cyclic amide) rings is 1. The average molecular weight is 379 g/mol. The number of nitrogens with one attached hydrogen (secondary N) is 1. The van der Waals surface area contributed by atoms with Gasteiger partial charge in [-0.05, 0) is 38.0 Å². The van der Waals surface area contributed by atoms with Gasteiger partial charge in [0, 0.05) is 4.75 Å². The van der Waals surface area contributed by atoms with Crippen LogP contribution in [0.4, 0.5) is 0 Å². The molecule has 2 aliphatic heterocycles. The van der Waals surface area contributed by atoms with Crippen LogP contribution in [0, 0.1) is 0 Å². The van der Waals surface area contributed by atoms with Crippen LogP contribution in [0.25, 0.3) is 0 Å². The van der Waals surface area contributed by atoms with Crippen molar-refractivity contribution in [2.75, 3.05) is 0 Å². The number of aromatic hydroxyl groups is 1. The highest BCUT2D eigenvalue weighted by Gasteiger charge is 2.64. The molecule has 4 atom stereocenters. The number of benzene rings is 1. The molecule has 0 unspecified atom stereocenters. The standard InChI is InChI=1S/C17H21N3O5S/c1-17(2)12(16(24)25)20-14(23)11(15(20)26-17)19-13(22)10(18)7-8-3-5-9(21)6-4-8/h3-6,10-12,15,21H,7,18H2,1-2H3,(H,19,22)(H,24,25)/t10-,11-,12+,15-/m1/s1. The predicted molar refractivity (Wildman–Crippen MR) is 95.4 cm³/mol. The zero-order valence-electron chi connectivity index (χ0n) is 14.4. The van der Waals surface area contributed by atoms with Gasteiger partial charge in [0.2, 0.25) is 11.8 Å². The van der Waals surface area contributed by atoms with Crippen LogP contribution < -0.4 is 11.1 Å². The molecule has 8 nitrogen and oxygen atoms in total. The van der Waals surface area contributed by atoms with E-state index in [9.17, 15) is 24.6 Å². The summed E-state index contributed by atoms with van der Waals surface area (Å²) in [5.74, 6) is -1.79. The highest BCUT2D eigenvalue weighted by atomic mass is 32.2. The van der Waals surface area contributed by atoms with Crippen molar-refractivity contribution < 1.29 is 24.6 Å². The number of amides is 2. The van der Waals surface area contributed by atoms with Gasteiger partial charge < -0.3 is 26.2 Å². The number of phenolic OH excluding ortho intramolecular Hbond substituents is 1. The molecule has 0 saturated carbocycles. The Kier molecular flexibility index (Phi) is 4.61. The molecule has 26 heavy (non-hydrogen) atoms. The van der Waals surface area contributed by atoms with Crippen LogP contribution in [-0.2, 0) is 20.8 Å². The maximum atomic E-state index is 12.4. The lowest BCUT2D eigenvalue weighted by atomic mass is 9.95. The third kappa shape index (κ3) is 3.12. The first-order chi connectivity index (χ1) is 12.1. The Labute approximate surface area is 154 Å². The minimum absolute atomic E-state index is 0.126. The molecule has 2 aliphatic rings. The van der Waals surface area contributed by atoms with Gasteiger partial charge in [-0.2, -0.15) is 0 Å². The molecule has 9 heteroatoms. The normalized spacial score (nSPS) is 27.4. The summed E-state index contributed by atoms with van der Waals surface area (Å²) in [7, 11) is 0.